The number of nitrogens with zero attached hydrogens (tertiary/aromatic N) is 4. The highest BCUT2D eigenvalue weighted by Gasteiger charge is 2.45. The Labute approximate surface area is 180 Å². The van der Waals surface area contributed by atoms with Crippen LogP contribution in [0.15, 0.2) is 24.3 Å². The van der Waals surface area contributed by atoms with Crippen LogP contribution in [0.25, 0.3) is 0 Å². The number of hydrogen-bond donors (Lipinski definition) is 0. The normalized spacial score (nSPS) is 28.5. The summed E-state index contributed by atoms with van der Waals surface area (Å²) in [5.41, 5.74) is 2.01. The van der Waals surface area contributed by atoms with Crippen molar-refractivity contribution in [2.45, 2.75) is 56.7 Å². The predicted octanol–water partition coefficient (Wildman–Crippen LogP) is 2.58. The standard InChI is InChI=1S/C22H26N4O3S/c1-13-21(28)16(15-5-3-4-6-19(15)29-2)9-10-25(13)12-20(27)26-14-7-8-18(26)22-17(11-14)23-24-30-22/h3-6,13-14,16,18H,7-12H2,1-2H3/t13-,14+,16-,18+/m0/s1. The summed E-state index contributed by atoms with van der Waals surface area (Å²) in [6, 6.07) is 7.78. The first-order valence-corrected chi connectivity index (χ1v) is 11.4. The molecule has 4 atom stereocenters. The van der Waals surface area contributed by atoms with Crippen molar-refractivity contribution >= 4 is 23.2 Å². The highest BCUT2D eigenvalue weighted by Crippen LogP contribution is 2.44. The molecule has 2 bridgehead atoms. The molecule has 5 rings (SSSR count). The summed E-state index contributed by atoms with van der Waals surface area (Å²) < 4.78 is 9.56. The molecule has 0 spiro atoms. The fraction of sp³-hybridized carbons (Fsp3) is 0.545. The Hall–Kier alpha value is -2.32. The van der Waals surface area contributed by atoms with Crippen LogP contribution in [-0.2, 0) is 16.0 Å². The number of rotatable bonds is 4. The molecule has 0 aliphatic carbocycles. The molecule has 7 nitrogen and oxygen atoms in total. The minimum atomic E-state index is -0.291. The van der Waals surface area contributed by atoms with Crippen molar-refractivity contribution in [2.75, 3.05) is 20.2 Å². The Morgan fingerprint density at radius 2 is 2.10 bits per heavy atom. The largest absolute Gasteiger partial charge is 0.496 e. The van der Waals surface area contributed by atoms with Gasteiger partial charge >= 0.3 is 0 Å². The van der Waals surface area contributed by atoms with Gasteiger partial charge in [0, 0.05) is 30.5 Å². The number of hydrogen-bond acceptors (Lipinski definition) is 7. The lowest BCUT2D eigenvalue weighted by atomic mass is 9.84. The van der Waals surface area contributed by atoms with Crippen LogP contribution < -0.4 is 4.74 Å². The lowest BCUT2D eigenvalue weighted by molar-refractivity contribution is -0.138. The average Bonchev–Trinajstić information content (AvgIpc) is 3.36. The summed E-state index contributed by atoms with van der Waals surface area (Å²) in [6.45, 7) is 2.94. The molecule has 1 aromatic carbocycles. The van der Waals surface area contributed by atoms with Gasteiger partial charge in [-0.2, -0.15) is 0 Å². The molecule has 0 saturated carbocycles. The van der Waals surface area contributed by atoms with Crippen molar-refractivity contribution in [1.82, 2.24) is 19.4 Å². The predicted molar refractivity (Wildman–Crippen MR) is 113 cm³/mol. The SMILES string of the molecule is COc1ccccc1[C@@H]1CCN(CC(=O)N2[C@@H]3CC[C@@H]2c2snnc2C3)[C@@H](C)C1=O. The second-order valence-electron chi connectivity index (χ2n) is 8.47. The summed E-state index contributed by atoms with van der Waals surface area (Å²) in [4.78, 5) is 31.7. The molecule has 30 heavy (non-hydrogen) atoms. The third-order valence-corrected chi connectivity index (χ3v) is 7.84. The van der Waals surface area contributed by atoms with Crippen LogP contribution in [0.3, 0.4) is 0 Å². The van der Waals surface area contributed by atoms with E-state index in [-0.39, 0.29) is 35.7 Å². The Morgan fingerprint density at radius 3 is 2.93 bits per heavy atom. The van der Waals surface area contributed by atoms with Gasteiger partial charge in [0.1, 0.15) is 5.75 Å². The number of amides is 1. The number of piperidine rings is 1. The third kappa shape index (κ3) is 3.13. The zero-order chi connectivity index (χ0) is 20.8. The minimum Gasteiger partial charge on any atom is -0.496 e. The van der Waals surface area contributed by atoms with Crippen LogP contribution in [0.1, 0.15) is 54.3 Å². The first-order valence-electron chi connectivity index (χ1n) is 10.6. The number of fused-ring (bicyclic) bond motifs is 4. The van der Waals surface area contributed by atoms with E-state index in [9.17, 15) is 9.59 Å². The number of carbonyl (C=O) groups is 2. The van der Waals surface area contributed by atoms with Crippen LogP contribution >= 0.6 is 11.5 Å². The molecule has 1 amide bonds. The van der Waals surface area contributed by atoms with Gasteiger partial charge in [0.2, 0.25) is 5.91 Å². The number of methoxy groups -OCH3 is 1. The number of Topliss-reactive ketones (excluding diaryl/α,β-unsaturated/α-hetero) is 1. The second-order valence-corrected chi connectivity index (χ2v) is 9.25. The zero-order valence-electron chi connectivity index (χ0n) is 17.3. The van der Waals surface area contributed by atoms with Crippen molar-refractivity contribution in [2.24, 2.45) is 0 Å². The topological polar surface area (TPSA) is 75.6 Å². The van der Waals surface area contributed by atoms with E-state index in [0.717, 1.165) is 47.7 Å². The number of benzene rings is 1. The van der Waals surface area contributed by atoms with Crippen molar-refractivity contribution in [3.63, 3.8) is 0 Å². The molecule has 3 aliphatic rings. The summed E-state index contributed by atoms with van der Waals surface area (Å²) in [5, 5.41) is 4.25. The van der Waals surface area contributed by atoms with Crippen LogP contribution in [-0.4, -0.2) is 63.4 Å². The number of ketones is 1. The molecule has 0 N–H and O–H groups in total. The van der Waals surface area contributed by atoms with Gasteiger partial charge in [0.05, 0.1) is 36.3 Å². The first-order chi connectivity index (χ1) is 14.6. The molecule has 0 unspecified atom stereocenters. The van der Waals surface area contributed by atoms with Gasteiger partial charge in [0.15, 0.2) is 5.78 Å². The summed E-state index contributed by atoms with van der Waals surface area (Å²) in [6.07, 6.45) is 3.51. The number of ether oxygens (including phenoxy) is 1. The molecule has 4 heterocycles. The van der Waals surface area contributed by atoms with Gasteiger partial charge in [-0.15, -0.1) is 5.10 Å². The van der Waals surface area contributed by atoms with E-state index in [0.29, 0.717) is 13.0 Å². The fourth-order valence-corrected chi connectivity index (χ4v) is 6.20. The molecule has 2 saturated heterocycles. The van der Waals surface area contributed by atoms with Gasteiger partial charge in [-0.1, -0.05) is 22.7 Å². The molecule has 2 aromatic rings. The van der Waals surface area contributed by atoms with Gasteiger partial charge in [-0.3, -0.25) is 14.5 Å². The second kappa shape index (κ2) is 7.74. The molecule has 3 aliphatic heterocycles. The van der Waals surface area contributed by atoms with E-state index in [1.807, 2.05) is 41.0 Å². The number of likely N-dealkylation sites (tertiary alicyclic amines) is 1. The highest BCUT2D eigenvalue weighted by atomic mass is 32.1. The Morgan fingerprint density at radius 1 is 1.27 bits per heavy atom. The molecular formula is C22H26N4O3S. The number of aromatic nitrogens is 2. The van der Waals surface area contributed by atoms with Crippen molar-refractivity contribution < 1.29 is 14.3 Å². The molecule has 1 aromatic heterocycles. The van der Waals surface area contributed by atoms with Gasteiger partial charge in [-0.05, 0) is 43.8 Å². The summed E-state index contributed by atoms with van der Waals surface area (Å²) in [7, 11) is 1.64. The Bertz CT molecular complexity index is 977. The summed E-state index contributed by atoms with van der Waals surface area (Å²) in [5.74, 6) is 0.858. The Balaban J connectivity index is 1.29. The quantitative estimate of drug-likeness (QED) is 0.748. The monoisotopic (exact) mass is 426 g/mol. The molecular weight excluding hydrogens is 400 g/mol. The van der Waals surface area contributed by atoms with Crippen LogP contribution in [0.4, 0.5) is 0 Å². The highest BCUT2D eigenvalue weighted by molar-refractivity contribution is 7.05. The summed E-state index contributed by atoms with van der Waals surface area (Å²) >= 11 is 1.42. The van der Waals surface area contributed by atoms with E-state index in [1.54, 1.807) is 7.11 Å². The molecule has 8 heteroatoms. The van der Waals surface area contributed by atoms with Crippen LogP contribution in [0.5, 0.6) is 5.75 Å². The first kappa shape index (κ1) is 19.6. The maximum atomic E-state index is 13.3. The minimum absolute atomic E-state index is 0.114. The molecule has 2 fully saturated rings. The van der Waals surface area contributed by atoms with E-state index in [2.05, 4.69) is 9.59 Å². The molecule has 158 valence electrons. The van der Waals surface area contributed by atoms with Crippen molar-refractivity contribution in [3.8, 4) is 5.75 Å². The zero-order valence-corrected chi connectivity index (χ0v) is 18.1. The fourth-order valence-electron chi connectivity index (χ4n) is 5.39. The Kier molecular flexibility index (Phi) is 5.06. The number of carbonyl (C=O) groups excluding carboxylic acids is 2. The van der Waals surface area contributed by atoms with Crippen molar-refractivity contribution in [3.05, 3.63) is 40.4 Å². The van der Waals surface area contributed by atoms with Crippen LogP contribution in [0, 0.1) is 0 Å². The van der Waals surface area contributed by atoms with E-state index >= 15 is 0 Å². The lowest BCUT2D eigenvalue weighted by Crippen LogP contribution is -2.53. The van der Waals surface area contributed by atoms with E-state index in [4.69, 9.17) is 4.74 Å². The molecule has 0 radical (unpaired) electrons. The van der Waals surface area contributed by atoms with Crippen molar-refractivity contribution in [1.29, 1.82) is 0 Å². The number of para-hydroxylation sites is 1. The van der Waals surface area contributed by atoms with Gasteiger partial charge in [-0.25, -0.2) is 0 Å². The maximum absolute atomic E-state index is 13.3. The third-order valence-electron chi connectivity index (χ3n) is 6.97. The lowest BCUT2D eigenvalue weighted by Gasteiger charge is -2.39. The van der Waals surface area contributed by atoms with Gasteiger partial charge in [0.25, 0.3) is 0 Å². The smallest absolute Gasteiger partial charge is 0.237 e. The van der Waals surface area contributed by atoms with E-state index < -0.39 is 0 Å². The van der Waals surface area contributed by atoms with Gasteiger partial charge < -0.3 is 9.64 Å². The average molecular weight is 427 g/mol. The maximum Gasteiger partial charge on any atom is 0.237 e. The van der Waals surface area contributed by atoms with E-state index in [1.165, 1.54) is 11.5 Å². The van der Waals surface area contributed by atoms with Crippen LogP contribution in [0.2, 0.25) is 0 Å².